The fourth-order valence-electron chi connectivity index (χ4n) is 1.28. The van der Waals surface area contributed by atoms with Crippen LogP contribution in [0.5, 0.6) is 0 Å². The van der Waals surface area contributed by atoms with Crippen molar-refractivity contribution >= 4 is 0 Å². The van der Waals surface area contributed by atoms with Crippen molar-refractivity contribution in [2.45, 2.75) is 20.3 Å². The molecule has 0 unspecified atom stereocenters. The lowest BCUT2D eigenvalue weighted by Crippen LogP contribution is -1.91. The second kappa shape index (κ2) is 3.29. The molecule has 0 fully saturated rings. The first-order valence-electron chi connectivity index (χ1n) is 4.67. The molecule has 0 N–H and O–H groups in total. The van der Waals surface area contributed by atoms with E-state index in [2.05, 4.69) is 10.3 Å². The maximum atomic E-state index is 5.18. The second-order valence-electron chi connectivity index (χ2n) is 3.33. The van der Waals surface area contributed by atoms with E-state index in [1.807, 2.05) is 37.7 Å². The molecule has 14 heavy (non-hydrogen) atoms. The Morgan fingerprint density at radius 1 is 1.43 bits per heavy atom. The number of hydrogen-bond donors (Lipinski definition) is 0. The third kappa shape index (κ3) is 1.43. The molecule has 0 saturated heterocycles. The third-order valence-corrected chi connectivity index (χ3v) is 2.29. The number of aromatic nitrogens is 3. The largest absolute Gasteiger partial charge is 0.354 e. The van der Waals surface area contributed by atoms with Gasteiger partial charge in [-0.15, -0.1) is 0 Å². The molecule has 4 nitrogen and oxygen atoms in total. The van der Waals surface area contributed by atoms with Gasteiger partial charge in [-0.3, -0.25) is 4.68 Å². The molecule has 0 atom stereocenters. The smallest absolute Gasteiger partial charge is 0.187 e. The minimum Gasteiger partial charge on any atom is -0.354 e. The first kappa shape index (κ1) is 8.99. The van der Waals surface area contributed by atoms with Crippen LogP contribution in [-0.4, -0.2) is 14.9 Å². The van der Waals surface area contributed by atoms with Crippen LogP contribution in [0.2, 0.25) is 0 Å². The molecule has 0 aromatic carbocycles. The van der Waals surface area contributed by atoms with Gasteiger partial charge in [0.2, 0.25) is 0 Å². The Bertz CT molecular complexity index is 422. The Hall–Kier alpha value is -1.58. The highest BCUT2D eigenvalue weighted by atomic mass is 16.5. The van der Waals surface area contributed by atoms with E-state index in [1.54, 1.807) is 0 Å². The Kier molecular flexibility index (Phi) is 2.11. The van der Waals surface area contributed by atoms with Crippen LogP contribution in [-0.2, 0) is 13.5 Å². The van der Waals surface area contributed by atoms with Crippen molar-refractivity contribution < 1.29 is 4.52 Å². The van der Waals surface area contributed by atoms with Crippen molar-refractivity contribution in [2.24, 2.45) is 7.05 Å². The SMILES string of the molecule is CCc1cc(-c2cc(C)n(C)n2)on1. The summed E-state index contributed by atoms with van der Waals surface area (Å²) in [6.07, 6.45) is 0.884. The minimum atomic E-state index is 0.741. The number of hydrogen-bond acceptors (Lipinski definition) is 3. The summed E-state index contributed by atoms with van der Waals surface area (Å²) in [5.74, 6) is 0.741. The zero-order valence-electron chi connectivity index (χ0n) is 8.61. The normalized spacial score (nSPS) is 10.8. The molecule has 0 aliphatic heterocycles. The van der Waals surface area contributed by atoms with E-state index >= 15 is 0 Å². The van der Waals surface area contributed by atoms with Crippen LogP contribution in [0.15, 0.2) is 16.7 Å². The predicted molar refractivity (Wildman–Crippen MR) is 52.8 cm³/mol. The van der Waals surface area contributed by atoms with Gasteiger partial charge < -0.3 is 4.52 Å². The first-order chi connectivity index (χ1) is 6.70. The maximum Gasteiger partial charge on any atom is 0.187 e. The molecule has 0 amide bonds. The van der Waals surface area contributed by atoms with Crippen molar-refractivity contribution in [1.29, 1.82) is 0 Å². The van der Waals surface area contributed by atoms with Gasteiger partial charge in [-0.2, -0.15) is 5.10 Å². The van der Waals surface area contributed by atoms with Gasteiger partial charge in [0.15, 0.2) is 5.76 Å². The highest BCUT2D eigenvalue weighted by Gasteiger charge is 2.09. The average molecular weight is 191 g/mol. The van der Waals surface area contributed by atoms with Crippen LogP contribution >= 0.6 is 0 Å². The summed E-state index contributed by atoms with van der Waals surface area (Å²) in [5, 5.41) is 8.24. The standard InChI is InChI=1S/C10H13N3O/c1-4-8-6-10(14-12-8)9-5-7(2)13(3)11-9/h5-6H,4H2,1-3H3. The van der Waals surface area contributed by atoms with Crippen molar-refractivity contribution in [3.63, 3.8) is 0 Å². The van der Waals surface area contributed by atoms with Gasteiger partial charge in [0.25, 0.3) is 0 Å². The van der Waals surface area contributed by atoms with Gasteiger partial charge in [0.05, 0.1) is 5.69 Å². The molecule has 2 aromatic rings. The van der Waals surface area contributed by atoms with E-state index in [1.165, 1.54) is 0 Å². The predicted octanol–water partition coefficient (Wildman–Crippen LogP) is 1.95. The summed E-state index contributed by atoms with van der Waals surface area (Å²) >= 11 is 0. The fourth-order valence-corrected chi connectivity index (χ4v) is 1.28. The van der Waals surface area contributed by atoms with Gasteiger partial charge in [0.1, 0.15) is 5.69 Å². The summed E-state index contributed by atoms with van der Waals surface area (Å²) in [5.41, 5.74) is 2.91. The lowest BCUT2D eigenvalue weighted by Gasteiger charge is -1.88. The lowest BCUT2D eigenvalue weighted by molar-refractivity contribution is 0.423. The summed E-state index contributed by atoms with van der Waals surface area (Å²) in [7, 11) is 1.91. The van der Waals surface area contributed by atoms with Gasteiger partial charge in [-0.1, -0.05) is 12.1 Å². The Morgan fingerprint density at radius 2 is 2.21 bits per heavy atom. The van der Waals surface area contributed by atoms with E-state index < -0.39 is 0 Å². The maximum absolute atomic E-state index is 5.18. The van der Waals surface area contributed by atoms with Crippen molar-refractivity contribution in [1.82, 2.24) is 14.9 Å². The van der Waals surface area contributed by atoms with Gasteiger partial charge >= 0.3 is 0 Å². The van der Waals surface area contributed by atoms with Crippen molar-refractivity contribution in [2.75, 3.05) is 0 Å². The quantitative estimate of drug-likeness (QED) is 0.728. The monoisotopic (exact) mass is 191 g/mol. The molecule has 2 aromatic heterocycles. The number of nitrogens with zero attached hydrogens (tertiary/aromatic N) is 3. The third-order valence-electron chi connectivity index (χ3n) is 2.29. The average Bonchev–Trinajstić information content (AvgIpc) is 2.74. The van der Waals surface area contributed by atoms with E-state index in [4.69, 9.17) is 4.52 Å². The molecule has 0 spiro atoms. The molecule has 0 aliphatic carbocycles. The second-order valence-corrected chi connectivity index (χ2v) is 3.33. The number of rotatable bonds is 2. The summed E-state index contributed by atoms with van der Waals surface area (Å²) in [6, 6.07) is 3.92. The van der Waals surface area contributed by atoms with Crippen LogP contribution in [0.25, 0.3) is 11.5 Å². The minimum absolute atomic E-state index is 0.741. The highest BCUT2D eigenvalue weighted by molar-refractivity contribution is 5.52. The fraction of sp³-hybridized carbons (Fsp3) is 0.400. The van der Waals surface area contributed by atoms with Crippen LogP contribution < -0.4 is 0 Å². The molecule has 2 rings (SSSR count). The van der Waals surface area contributed by atoms with Crippen molar-refractivity contribution in [3.8, 4) is 11.5 Å². The Balaban J connectivity index is 2.39. The van der Waals surface area contributed by atoms with Gasteiger partial charge in [0, 0.05) is 18.8 Å². The van der Waals surface area contributed by atoms with Crippen LogP contribution in [0.1, 0.15) is 18.3 Å². The molecular weight excluding hydrogens is 178 g/mol. The Morgan fingerprint density at radius 3 is 2.71 bits per heavy atom. The molecule has 0 saturated carbocycles. The number of aryl methyl sites for hydroxylation is 3. The zero-order valence-corrected chi connectivity index (χ0v) is 8.61. The molecule has 0 aliphatic rings. The molecule has 2 heterocycles. The van der Waals surface area contributed by atoms with Gasteiger partial charge in [-0.05, 0) is 19.4 Å². The summed E-state index contributed by atoms with van der Waals surface area (Å²) in [4.78, 5) is 0. The molecule has 4 heteroatoms. The van der Waals surface area contributed by atoms with Crippen LogP contribution in [0.4, 0.5) is 0 Å². The van der Waals surface area contributed by atoms with E-state index in [0.29, 0.717) is 0 Å². The van der Waals surface area contributed by atoms with Crippen LogP contribution in [0, 0.1) is 6.92 Å². The summed E-state index contributed by atoms with van der Waals surface area (Å²) in [6.45, 7) is 4.05. The van der Waals surface area contributed by atoms with E-state index in [-0.39, 0.29) is 0 Å². The van der Waals surface area contributed by atoms with E-state index in [9.17, 15) is 0 Å². The summed E-state index contributed by atoms with van der Waals surface area (Å²) < 4.78 is 7.01. The molecular formula is C10H13N3O. The molecule has 0 bridgehead atoms. The van der Waals surface area contributed by atoms with Crippen LogP contribution in [0.3, 0.4) is 0 Å². The zero-order chi connectivity index (χ0) is 10.1. The first-order valence-corrected chi connectivity index (χ1v) is 4.67. The van der Waals surface area contributed by atoms with Gasteiger partial charge in [-0.25, -0.2) is 0 Å². The van der Waals surface area contributed by atoms with E-state index in [0.717, 1.165) is 29.3 Å². The van der Waals surface area contributed by atoms with Crippen molar-refractivity contribution in [3.05, 3.63) is 23.5 Å². The lowest BCUT2D eigenvalue weighted by atomic mass is 10.2. The molecule has 74 valence electrons. The Labute approximate surface area is 82.5 Å². The highest BCUT2D eigenvalue weighted by Crippen LogP contribution is 2.19. The topological polar surface area (TPSA) is 43.9 Å². The molecule has 0 radical (unpaired) electrons.